The largest absolute Gasteiger partial charge is 0.465 e. The lowest BCUT2D eigenvalue weighted by molar-refractivity contribution is -0.131. The molecule has 0 fully saturated rings. The summed E-state index contributed by atoms with van der Waals surface area (Å²) in [4.78, 5) is 11.5. The number of halogens is 3. The monoisotopic (exact) mass is 293 g/mol. The van der Waals surface area contributed by atoms with Crippen LogP contribution >= 0.6 is 11.3 Å². The molecule has 1 rings (SSSR count). The molecule has 9 heteroatoms. The number of thiophene rings is 1. The van der Waals surface area contributed by atoms with E-state index in [0.29, 0.717) is 0 Å². The molecule has 1 aromatic heterocycles. The Morgan fingerprint density at radius 3 is 2.68 bits per heavy atom. The molecule has 1 heterocycles. The van der Waals surface area contributed by atoms with Crippen molar-refractivity contribution < 1.29 is 22.7 Å². The van der Waals surface area contributed by atoms with Crippen LogP contribution < -0.4 is 11.1 Å². The van der Waals surface area contributed by atoms with Gasteiger partial charge in [-0.3, -0.25) is 0 Å². The molecule has 0 radical (unpaired) electrons. The minimum absolute atomic E-state index is 0.0508. The van der Waals surface area contributed by atoms with Gasteiger partial charge < -0.3 is 15.8 Å². The molecular weight excluding hydrogens is 283 g/mol. The van der Waals surface area contributed by atoms with E-state index in [-0.39, 0.29) is 21.1 Å². The van der Waals surface area contributed by atoms with Crippen molar-refractivity contribution >= 4 is 28.0 Å². The van der Waals surface area contributed by atoms with Gasteiger partial charge in [-0.1, -0.05) is 0 Å². The minimum atomic E-state index is -4.31. The van der Waals surface area contributed by atoms with Crippen molar-refractivity contribution in [2.75, 3.05) is 24.7 Å². The third kappa shape index (κ3) is 3.75. The van der Waals surface area contributed by atoms with Gasteiger partial charge in [0, 0.05) is 6.54 Å². The predicted molar refractivity (Wildman–Crippen MR) is 63.9 cm³/mol. The number of nitrogens with one attached hydrogen (secondary N) is 1. The number of nitrogens with two attached hydrogens (primary N) is 1. The van der Waals surface area contributed by atoms with Gasteiger partial charge in [0.05, 0.1) is 19.2 Å². The number of hydrogen-bond donors (Lipinski definition) is 2. The van der Waals surface area contributed by atoms with Crippen LogP contribution in [0.1, 0.15) is 21.7 Å². The van der Waals surface area contributed by atoms with Crippen molar-refractivity contribution in [2.45, 2.75) is 12.6 Å². The van der Waals surface area contributed by atoms with E-state index >= 15 is 0 Å². The number of hydrogen-bond acceptors (Lipinski definition) is 6. The van der Waals surface area contributed by atoms with Crippen LogP contribution in [0.25, 0.3) is 0 Å². The summed E-state index contributed by atoms with van der Waals surface area (Å²) in [5, 5.41) is 11.3. The molecule has 3 N–H and O–H groups in total. The maximum atomic E-state index is 12.0. The molecule has 0 atom stereocenters. The first-order valence-electron chi connectivity index (χ1n) is 5.01. The highest BCUT2D eigenvalue weighted by Crippen LogP contribution is 2.36. The van der Waals surface area contributed by atoms with Crippen molar-refractivity contribution in [1.29, 1.82) is 5.26 Å². The van der Waals surface area contributed by atoms with E-state index in [1.54, 1.807) is 6.07 Å². The Hall–Kier alpha value is -1.95. The van der Waals surface area contributed by atoms with Gasteiger partial charge >= 0.3 is 12.1 Å². The number of nitrogens with zero attached hydrogens (tertiary/aromatic N) is 1. The molecule has 0 amide bonds. The van der Waals surface area contributed by atoms with Crippen molar-refractivity contribution in [1.82, 2.24) is 0 Å². The first-order chi connectivity index (χ1) is 8.80. The Bertz CT molecular complexity index is 519. The number of carbonyl (C=O) groups excluding carboxylic acids is 1. The van der Waals surface area contributed by atoms with Crippen molar-refractivity contribution in [3.63, 3.8) is 0 Å². The number of ether oxygens (including phenoxy) is 1. The van der Waals surface area contributed by atoms with Gasteiger partial charge in [0.25, 0.3) is 0 Å². The van der Waals surface area contributed by atoms with E-state index in [4.69, 9.17) is 11.0 Å². The first-order valence-corrected chi connectivity index (χ1v) is 5.83. The van der Waals surface area contributed by atoms with E-state index in [0.717, 1.165) is 18.4 Å². The Labute approximate surface area is 110 Å². The highest BCUT2D eigenvalue weighted by Gasteiger charge is 2.28. The second-order valence-electron chi connectivity index (χ2n) is 3.44. The summed E-state index contributed by atoms with van der Waals surface area (Å²) in [6.07, 6.45) is -5.37. The molecule has 0 aliphatic rings. The second-order valence-corrected chi connectivity index (χ2v) is 4.46. The lowest BCUT2D eigenvalue weighted by Crippen LogP contribution is -2.15. The number of esters is 1. The van der Waals surface area contributed by atoms with Crippen LogP contribution in [0.5, 0.6) is 0 Å². The lowest BCUT2D eigenvalue weighted by Gasteiger charge is -2.08. The molecule has 0 saturated heterocycles. The Balaban J connectivity index is 2.94. The zero-order chi connectivity index (χ0) is 14.6. The van der Waals surface area contributed by atoms with Gasteiger partial charge in [-0.2, -0.15) is 18.4 Å². The highest BCUT2D eigenvalue weighted by molar-refractivity contribution is 7.17. The number of anilines is 2. The van der Waals surface area contributed by atoms with Crippen molar-refractivity contribution in [3.05, 3.63) is 10.4 Å². The summed E-state index contributed by atoms with van der Waals surface area (Å²) in [6.45, 7) is -0.418. The van der Waals surface area contributed by atoms with E-state index in [1.165, 1.54) is 0 Å². The van der Waals surface area contributed by atoms with Crippen LogP contribution in [-0.4, -0.2) is 25.8 Å². The third-order valence-corrected chi connectivity index (χ3v) is 3.20. The highest BCUT2D eigenvalue weighted by atomic mass is 32.1. The van der Waals surface area contributed by atoms with Gasteiger partial charge in [-0.05, 0) is 0 Å². The van der Waals surface area contributed by atoms with Crippen LogP contribution in [0.15, 0.2) is 0 Å². The molecule has 19 heavy (non-hydrogen) atoms. The molecule has 5 nitrogen and oxygen atoms in total. The SMILES string of the molecule is COC(=O)c1c(NCCC(F)(F)F)sc(C#N)c1N. The number of carbonyl (C=O) groups is 1. The van der Waals surface area contributed by atoms with Gasteiger partial charge in [0.2, 0.25) is 0 Å². The molecule has 0 aliphatic carbocycles. The van der Waals surface area contributed by atoms with Crippen molar-refractivity contribution in [2.24, 2.45) is 0 Å². The van der Waals surface area contributed by atoms with E-state index in [1.807, 2.05) is 0 Å². The normalized spacial score (nSPS) is 10.9. The van der Waals surface area contributed by atoms with E-state index < -0.39 is 25.1 Å². The zero-order valence-electron chi connectivity index (χ0n) is 9.80. The maximum Gasteiger partial charge on any atom is 0.390 e. The topological polar surface area (TPSA) is 88.1 Å². The van der Waals surface area contributed by atoms with Gasteiger partial charge in [-0.15, -0.1) is 11.3 Å². The van der Waals surface area contributed by atoms with Crippen LogP contribution in [0.2, 0.25) is 0 Å². The molecule has 104 valence electrons. The molecule has 0 aliphatic heterocycles. The zero-order valence-corrected chi connectivity index (χ0v) is 10.6. The molecule has 0 unspecified atom stereocenters. The summed E-state index contributed by atoms with van der Waals surface area (Å²) in [5.41, 5.74) is 5.38. The number of nitrogen functional groups attached to an aromatic ring is 1. The molecule has 0 saturated carbocycles. The standard InChI is InChI=1S/C10H10F3N3O2S/c1-18-9(17)6-7(15)5(4-14)19-8(6)16-3-2-10(11,12)13/h16H,2-3,15H2,1H3. The molecule has 0 spiro atoms. The third-order valence-electron chi connectivity index (χ3n) is 2.13. The Morgan fingerprint density at radius 2 is 2.21 bits per heavy atom. The predicted octanol–water partition coefficient (Wildman–Crippen LogP) is 2.35. The summed E-state index contributed by atoms with van der Waals surface area (Å²) in [5.74, 6) is -0.801. The van der Waals surface area contributed by atoms with E-state index in [2.05, 4.69) is 10.1 Å². The fraction of sp³-hybridized carbons (Fsp3) is 0.400. The Morgan fingerprint density at radius 1 is 1.58 bits per heavy atom. The Kier molecular flexibility index (Phi) is 4.61. The number of rotatable bonds is 4. The van der Waals surface area contributed by atoms with Crippen molar-refractivity contribution in [3.8, 4) is 6.07 Å². The second kappa shape index (κ2) is 5.79. The average Bonchev–Trinajstić information content (AvgIpc) is 2.63. The maximum absolute atomic E-state index is 12.0. The smallest absolute Gasteiger partial charge is 0.390 e. The fourth-order valence-corrected chi connectivity index (χ4v) is 2.21. The fourth-order valence-electron chi connectivity index (χ4n) is 1.27. The summed E-state index contributed by atoms with van der Waals surface area (Å²) in [7, 11) is 1.12. The quantitative estimate of drug-likeness (QED) is 0.832. The molecule has 1 aromatic rings. The number of nitriles is 1. The van der Waals surface area contributed by atoms with Gasteiger partial charge in [-0.25, -0.2) is 4.79 Å². The summed E-state index contributed by atoms with van der Waals surface area (Å²) >= 11 is 0.815. The first kappa shape index (κ1) is 15.1. The lowest BCUT2D eigenvalue weighted by atomic mass is 10.2. The molecular formula is C10H10F3N3O2S. The van der Waals surface area contributed by atoms with E-state index in [9.17, 15) is 18.0 Å². The molecule has 0 aromatic carbocycles. The summed E-state index contributed by atoms with van der Waals surface area (Å²) in [6, 6.07) is 1.77. The number of methoxy groups -OCH3 is 1. The van der Waals surface area contributed by atoms with Crippen LogP contribution in [0.4, 0.5) is 23.9 Å². The van der Waals surface area contributed by atoms with Crippen LogP contribution in [0.3, 0.4) is 0 Å². The average molecular weight is 293 g/mol. The number of alkyl halides is 3. The van der Waals surface area contributed by atoms with Crippen LogP contribution in [0, 0.1) is 11.3 Å². The summed E-state index contributed by atoms with van der Waals surface area (Å²) < 4.78 is 40.6. The van der Waals surface area contributed by atoms with Crippen LogP contribution in [-0.2, 0) is 4.74 Å². The minimum Gasteiger partial charge on any atom is -0.465 e. The van der Waals surface area contributed by atoms with Gasteiger partial charge in [0.1, 0.15) is 21.5 Å². The van der Waals surface area contributed by atoms with Gasteiger partial charge in [0.15, 0.2) is 0 Å². The molecule has 0 bridgehead atoms.